The molecule has 35 heavy (non-hydrogen) atoms. The molecule has 180 valence electrons. The summed E-state index contributed by atoms with van der Waals surface area (Å²) >= 11 is 0.829. The van der Waals surface area contributed by atoms with Gasteiger partial charge in [0.15, 0.2) is 7.05 Å². The second-order valence-corrected chi connectivity index (χ2v) is 8.19. The maximum absolute atomic E-state index is 12.6. The number of nitriles is 2. The van der Waals surface area contributed by atoms with Crippen LogP contribution in [0.4, 0.5) is 24.7 Å². The number of nitrogen functional groups attached to an aromatic ring is 1. The van der Waals surface area contributed by atoms with Crippen LogP contribution >= 0.6 is 11.8 Å². The van der Waals surface area contributed by atoms with Crippen molar-refractivity contribution in [3.8, 4) is 29.1 Å². The number of anilines is 2. The highest BCUT2D eigenvalue weighted by atomic mass is 32.2. The molecule has 4 N–H and O–H groups in total. The lowest BCUT2D eigenvalue weighted by Gasteiger charge is -2.14. The van der Waals surface area contributed by atoms with E-state index < -0.39 is 28.9 Å². The van der Waals surface area contributed by atoms with Crippen molar-refractivity contribution in [2.75, 3.05) is 11.1 Å². The first-order valence-electron chi connectivity index (χ1n) is 9.50. The normalized spacial score (nSPS) is 11.9. The molecule has 1 unspecified atom stereocenters. The number of thioether (sulfide) groups is 1. The Bertz CT molecular complexity index is 1420. The number of aromatic nitrogens is 3. The van der Waals surface area contributed by atoms with Crippen LogP contribution in [0.2, 0.25) is 0 Å². The van der Waals surface area contributed by atoms with Gasteiger partial charge in [-0.1, -0.05) is 16.4 Å². The third-order valence-corrected chi connectivity index (χ3v) is 5.56. The molecule has 15 heteroatoms. The number of H-pyrrole nitrogens is 1. The Kier molecular flexibility index (Phi) is 7.02. The molecule has 11 nitrogen and oxygen atoms in total. The molecule has 0 saturated heterocycles. The summed E-state index contributed by atoms with van der Waals surface area (Å²) in [5.74, 6) is -1.29. The first-order chi connectivity index (χ1) is 16.4. The summed E-state index contributed by atoms with van der Waals surface area (Å²) in [5.41, 5.74) is 4.60. The van der Waals surface area contributed by atoms with Gasteiger partial charge in [0, 0.05) is 5.69 Å². The minimum Gasteiger partial charge on any atom is -0.406 e. The molecule has 0 saturated carbocycles. The maximum Gasteiger partial charge on any atom is 0.573 e. The van der Waals surface area contributed by atoms with Crippen molar-refractivity contribution in [3.63, 3.8) is 0 Å². The van der Waals surface area contributed by atoms with Gasteiger partial charge in [0.2, 0.25) is 5.91 Å². The van der Waals surface area contributed by atoms with Gasteiger partial charge in [-0.3, -0.25) is 9.32 Å². The van der Waals surface area contributed by atoms with Crippen LogP contribution in [0.5, 0.6) is 5.75 Å². The molecule has 0 aliphatic carbocycles. The van der Waals surface area contributed by atoms with E-state index in [0.29, 0.717) is 0 Å². The summed E-state index contributed by atoms with van der Waals surface area (Å²) in [5, 5.41) is 23.2. The van der Waals surface area contributed by atoms with Crippen LogP contribution in [0.25, 0.3) is 11.3 Å². The monoisotopic (exact) mass is 506 g/mol. The zero-order valence-electron chi connectivity index (χ0n) is 17.9. The molecule has 1 amide bonds. The quantitative estimate of drug-likeness (QED) is 0.334. The van der Waals surface area contributed by atoms with Gasteiger partial charge in [0.1, 0.15) is 39.9 Å². The van der Waals surface area contributed by atoms with E-state index in [-0.39, 0.29) is 38.9 Å². The Hall–Kier alpha value is -4.50. The Labute approximate surface area is 198 Å². The van der Waals surface area contributed by atoms with Crippen LogP contribution in [0.3, 0.4) is 0 Å². The van der Waals surface area contributed by atoms with Crippen molar-refractivity contribution in [3.05, 3.63) is 45.8 Å². The molecule has 1 aromatic carbocycles. The lowest BCUT2D eigenvalue weighted by Crippen LogP contribution is -2.34. The number of pyridine rings is 1. The van der Waals surface area contributed by atoms with Crippen LogP contribution in [0.15, 0.2) is 38.6 Å². The van der Waals surface area contributed by atoms with E-state index >= 15 is 0 Å². The van der Waals surface area contributed by atoms with E-state index in [1.165, 1.54) is 26.1 Å². The molecule has 0 aliphatic rings. The standard InChI is InChI=1S/C20H14F3N7O4S/c1-9(17(31)27-10-3-5-11(6-4-10)33-20(21,22)23)35-18-13(8-25)14(12(7-24)16(26)28-18)15-19(32)34-29-30(15)2/h3-6,9H,1-2H3,(H3-,26,27,28,29,31,32)/p+1. The topological polar surface area (TPSA) is 175 Å². The number of halogens is 3. The zero-order chi connectivity index (χ0) is 25.9. The van der Waals surface area contributed by atoms with Crippen LogP contribution in [0.1, 0.15) is 18.1 Å². The molecule has 0 bridgehead atoms. The maximum atomic E-state index is 12.6. The average Bonchev–Trinajstić information content (AvgIpc) is 3.11. The number of nitrogens with two attached hydrogens (primary N) is 1. The number of aromatic amines is 1. The summed E-state index contributed by atoms with van der Waals surface area (Å²) in [6.45, 7) is 1.49. The lowest BCUT2D eigenvalue weighted by atomic mass is 10.0. The van der Waals surface area contributed by atoms with Crippen molar-refractivity contribution < 1.29 is 31.9 Å². The van der Waals surface area contributed by atoms with Crippen LogP contribution in [-0.2, 0) is 11.8 Å². The van der Waals surface area contributed by atoms with Crippen molar-refractivity contribution in [2.24, 2.45) is 7.05 Å². The first kappa shape index (κ1) is 25.1. The zero-order valence-corrected chi connectivity index (χ0v) is 18.7. The fraction of sp³-hybridized carbons (Fsp3) is 0.200. The Morgan fingerprint density at radius 1 is 1.29 bits per heavy atom. The van der Waals surface area contributed by atoms with E-state index in [0.717, 1.165) is 28.6 Å². The number of aryl methyl sites for hydroxylation is 1. The molecule has 0 fully saturated rings. The second kappa shape index (κ2) is 9.78. The first-order valence-corrected chi connectivity index (χ1v) is 10.4. The number of nitrogens with one attached hydrogen (secondary N) is 2. The van der Waals surface area contributed by atoms with Crippen molar-refractivity contribution in [1.29, 1.82) is 10.5 Å². The Morgan fingerprint density at radius 3 is 2.43 bits per heavy atom. The average molecular weight is 506 g/mol. The predicted molar refractivity (Wildman–Crippen MR) is 115 cm³/mol. The molecule has 2 heterocycles. The van der Waals surface area contributed by atoms with E-state index in [4.69, 9.17) is 10.3 Å². The van der Waals surface area contributed by atoms with Gasteiger partial charge in [-0.25, -0.2) is 9.78 Å². The van der Waals surface area contributed by atoms with Crippen LogP contribution < -0.4 is 26.1 Å². The molecule has 0 radical (unpaired) electrons. The smallest absolute Gasteiger partial charge is 0.406 e. The highest BCUT2D eigenvalue weighted by Crippen LogP contribution is 2.35. The number of alkyl halides is 3. The summed E-state index contributed by atoms with van der Waals surface area (Å²) in [6.07, 6.45) is -4.85. The Balaban J connectivity index is 1.89. The molecule has 2 aromatic heterocycles. The number of ether oxygens (including phenoxy) is 1. The van der Waals surface area contributed by atoms with E-state index in [1.54, 1.807) is 0 Å². The van der Waals surface area contributed by atoms with E-state index in [9.17, 15) is 33.3 Å². The van der Waals surface area contributed by atoms with Gasteiger partial charge in [-0.05, 0) is 36.5 Å². The lowest BCUT2D eigenvalue weighted by molar-refractivity contribution is -0.730. The number of carbonyl (C=O) groups is 1. The summed E-state index contributed by atoms with van der Waals surface area (Å²) < 4.78 is 46.5. The summed E-state index contributed by atoms with van der Waals surface area (Å²) in [4.78, 5) is 28.9. The number of rotatable bonds is 6. The van der Waals surface area contributed by atoms with Crippen LogP contribution in [-0.4, -0.2) is 27.8 Å². The second-order valence-electron chi connectivity index (χ2n) is 6.86. The van der Waals surface area contributed by atoms with Gasteiger partial charge in [0.05, 0.1) is 10.8 Å². The van der Waals surface area contributed by atoms with Gasteiger partial charge < -0.3 is 15.8 Å². The SMILES string of the molecule is CC(Sc1nc(N)c(C#N)c(-c2c(=O)o[nH][n+]2C)c1C#N)C(=O)Nc1ccc(OC(F)(F)F)cc1. The number of amides is 1. The molecule has 0 spiro atoms. The fourth-order valence-corrected chi connectivity index (χ4v) is 3.85. The molecule has 3 rings (SSSR count). The number of hydrogen-bond acceptors (Lipinski definition) is 9. The van der Waals surface area contributed by atoms with Crippen molar-refractivity contribution in [1.82, 2.24) is 10.3 Å². The van der Waals surface area contributed by atoms with Gasteiger partial charge >= 0.3 is 17.7 Å². The largest absolute Gasteiger partial charge is 0.573 e. The highest BCUT2D eigenvalue weighted by molar-refractivity contribution is 8.00. The highest BCUT2D eigenvalue weighted by Gasteiger charge is 2.33. The molecule has 1 atom stereocenters. The minimum absolute atomic E-state index is 0.0174. The minimum atomic E-state index is -4.85. The van der Waals surface area contributed by atoms with E-state index in [1.807, 2.05) is 12.1 Å². The van der Waals surface area contributed by atoms with E-state index in [2.05, 4.69) is 20.3 Å². The van der Waals surface area contributed by atoms with Gasteiger partial charge in [-0.2, -0.15) is 10.5 Å². The fourth-order valence-electron chi connectivity index (χ4n) is 2.94. The Morgan fingerprint density at radius 2 is 1.91 bits per heavy atom. The summed E-state index contributed by atoms with van der Waals surface area (Å²) in [7, 11) is 1.42. The molecule has 0 aliphatic heterocycles. The molecular weight excluding hydrogens is 491 g/mol. The predicted octanol–water partition coefficient (Wildman–Crippen LogP) is 2.20. The third kappa shape index (κ3) is 5.53. The number of benzene rings is 1. The number of nitrogens with zero attached hydrogens (tertiary/aromatic N) is 4. The third-order valence-electron chi connectivity index (χ3n) is 4.47. The van der Waals surface area contributed by atoms with Gasteiger partial charge in [0.25, 0.3) is 0 Å². The summed E-state index contributed by atoms with van der Waals surface area (Å²) in [6, 6.07) is 8.22. The molecular formula is C20H15F3N7O4S+. The van der Waals surface area contributed by atoms with Crippen molar-refractivity contribution >= 4 is 29.2 Å². The molecule has 3 aromatic rings. The number of hydrogen-bond donors (Lipinski definition) is 3. The number of carbonyl (C=O) groups excluding carboxylic acids is 1. The van der Waals surface area contributed by atoms with Crippen molar-refractivity contribution in [2.45, 2.75) is 23.6 Å². The van der Waals surface area contributed by atoms with Crippen LogP contribution in [0, 0.1) is 22.7 Å². The van der Waals surface area contributed by atoms with Gasteiger partial charge in [-0.15, -0.1) is 13.2 Å².